The van der Waals surface area contributed by atoms with Crippen LogP contribution in [-0.4, -0.2) is 11.2 Å². The molecule has 1 aromatic heterocycles. The molecule has 0 saturated carbocycles. The van der Waals surface area contributed by atoms with Gasteiger partial charge in [-0.15, -0.1) is 11.8 Å². The van der Waals surface area contributed by atoms with Gasteiger partial charge >= 0.3 is 0 Å². The SMILES string of the molecule is CSc1ccc(Nc2ncccc2C#N)cc1. The molecule has 0 fully saturated rings. The number of rotatable bonds is 3. The van der Waals surface area contributed by atoms with Crippen molar-refractivity contribution in [3.8, 4) is 6.07 Å². The van der Waals surface area contributed by atoms with Gasteiger partial charge in [-0.3, -0.25) is 0 Å². The van der Waals surface area contributed by atoms with E-state index in [1.165, 1.54) is 4.90 Å². The van der Waals surface area contributed by atoms with E-state index < -0.39 is 0 Å². The number of anilines is 2. The molecule has 0 unspecified atom stereocenters. The Morgan fingerprint density at radius 1 is 1.24 bits per heavy atom. The monoisotopic (exact) mass is 241 g/mol. The number of aromatic nitrogens is 1. The Morgan fingerprint density at radius 3 is 2.65 bits per heavy atom. The Kier molecular flexibility index (Phi) is 3.63. The first-order chi connectivity index (χ1) is 8.33. The van der Waals surface area contributed by atoms with Crippen molar-refractivity contribution < 1.29 is 0 Å². The number of hydrogen-bond donors (Lipinski definition) is 1. The molecule has 0 aliphatic rings. The molecule has 1 aromatic carbocycles. The molecule has 1 heterocycles. The van der Waals surface area contributed by atoms with E-state index in [1.807, 2.05) is 30.5 Å². The number of nitrogens with zero attached hydrogens (tertiary/aromatic N) is 2. The summed E-state index contributed by atoms with van der Waals surface area (Å²) in [5, 5.41) is 12.1. The summed E-state index contributed by atoms with van der Waals surface area (Å²) < 4.78 is 0. The second-order valence-electron chi connectivity index (χ2n) is 3.36. The van der Waals surface area contributed by atoms with Crippen molar-refractivity contribution in [2.75, 3.05) is 11.6 Å². The van der Waals surface area contributed by atoms with Gasteiger partial charge in [-0.05, 0) is 42.7 Å². The van der Waals surface area contributed by atoms with Gasteiger partial charge in [0.2, 0.25) is 0 Å². The highest BCUT2D eigenvalue weighted by Crippen LogP contribution is 2.21. The zero-order chi connectivity index (χ0) is 12.1. The highest BCUT2D eigenvalue weighted by atomic mass is 32.2. The van der Waals surface area contributed by atoms with Crippen LogP contribution < -0.4 is 5.32 Å². The van der Waals surface area contributed by atoms with Gasteiger partial charge in [0.25, 0.3) is 0 Å². The molecular weight excluding hydrogens is 230 g/mol. The second-order valence-corrected chi connectivity index (χ2v) is 4.24. The van der Waals surface area contributed by atoms with Crippen molar-refractivity contribution in [1.29, 1.82) is 5.26 Å². The maximum Gasteiger partial charge on any atom is 0.148 e. The number of nitrogens with one attached hydrogen (secondary N) is 1. The molecule has 4 heteroatoms. The number of hydrogen-bond acceptors (Lipinski definition) is 4. The van der Waals surface area contributed by atoms with Crippen LogP contribution in [0.2, 0.25) is 0 Å². The molecule has 2 aromatic rings. The van der Waals surface area contributed by atoms with Gasteiger partial charge in [0.05, 0.1) is 5.56 Å². The van der Waals surface area contributed by atoms with E-state index in [0.29, 0.717) is 11.4 Å². The normalized spacial score (nSPS) is 9.65. The van der Waals surface area contributed by atoms with E-state index in [4.69, 9.17) is 5.26 Å². The molecule has 84 valence electrons. The van der Waals surface area contributed by atoms with Crippen LogP contribution >= 0.6 is 11.8 Å². The first-order valence-electron chi connectivity index (χ1n) is 5.09. The summed E-state index contributed by atoms with van der Waals surface area (Å²) in [6.07, 6.45) is 3.70. The van der Waals surface area contributed by atoms with E-state index in [0.717, 1.165) is 5.69 Å². The van der Waals surface area contributed by atoms with Gasteiger partial charge in [-0.2, -0.15) is 5.26 Å². The molecule has 1 N–H and O–H groups in total. The van der Waals surface area contributed by atoms with E-state index in [1.54, 1.807) is 30.1 Å². The average molecular weight is 241 g/mol. The maximum atomic E-state index is 8.95. The molecule has 0 aliphatic carbocycles. The minimum atomic E-state index is 0.543. The lowest BCUT2D eigenvalue weighted by atomic mass is 10.2. The van der Waals surface area contributed by atoms with Crippen molar-refractivity contribution in [2.24, 2.45) is 0 Å². The first-order valence-corrected chi connectivity index (χ1v) is 6.32. The standard InChI is InChI=1S/C13H11N3S/c1-17-12-6-4-11(5-7-12)16-13-10(9-14)3-2-8-15-13/h2-8H,1H3,(H,15,16). The van der Waals surface area contributed by atoms with Crippen LogP contribution in [0.25, 0.3) is 0 Å². The van der Waals surface area contributed by atoms with Crippen LogP contribution in [0.3, 0.4) is 0 Å². The van der Waals surface area contributed by atoms with Crippen molar-refractivity contribution in [2.45, 2.75) is 4.90 Å². The highest BCUT2D eigenvalue weighted by Gasteiger charge is 2.02. The van der Waals surface area contributed by atoms with E-state index >= 15 is 0 Å². The third kappa shape index (κ3) is 2.77. The van der Waals surface area contributed by atoms with E-state index in [2.05, 4.69) is 16.4 Å². The van der Waals surface area contributed by atoms with Crippen molar-refractivity contribution in [1.82, 2.24) is 4.98 Å². The lowest BCUT2D eigenvalue weighted by molar-refractivity contribution is 1.28. The minimum absolute atomic E-state index is 0.543. The summed E-state index contributed by atoms with van der Waals surface area (Å²) >= 11 is 1.70. The molecule has 17 heavy (non-hydrogen) atoms. The molecule has 0 spiro atoms. The van der Waals surface area contributed by atoms with Crippen LogP contribution in [-0.2, 0) is 0 Å². The van der Waals surface area contributed by atoms with Crippen LogP contribution in [0.5, 0.6) is 0 Å². The lowest BCUT2D eigenvalue weighted by Gasteiger charge is -2.07. The zero-order valence-corrected chi connectivity index (χ0v) is 10.2. The number of thioether (sulfide) groups is 1. The molecule has 2 rings (SSSR count). The molecule has 0 atom stereocenters. The zero-order valence-electron chi connectivity index (χ0n) is 9.34. The highest BCUT2D eigenvalue weighted by molar-refractivity contribution is 7.98. The summed E-state index contributed by atoms with van der Waals surface area (Å²) in [5.41, 5.74) is 1.47. The smallest absolute Gasteiger partial charge is 0.148 e. The Hall–Kier alpha value is -1.99. The summed E-state index contributed by atoms with van der Waals surface area (Å²) in [7, 11) is 0. The molecular formula is C13H11N3S. The summed E-state index contributed by atoms with van der Waals surface area (Å²) in [6, 6.07) is 13.6. The topological polar surface area (TPSA) is 48.7 Å². The Labute approximate surface area is 105 Å². The Bertz CT molecular complexity index is 543. The molecule has 0 saturated heterocycles. The maximum absolute atomic E-state index is 8.95. The predicted octanol–water partition coefficient (Wildman–Crippen LogP) is 3.42. The second kappa shape index (κ2) is 5.37. The first kappa shape index (κ1) is 11.5. The van der Waals surface area contributed by atoms with Gasteiger partial charge in [-0.25, -0.2) is 4.98 Å². The summed E-state index contributed by atoms with van der Waals surface area (Å²) in [6.45, 7) is 0. The Morgan fingerprint density at radius 2 is 2.00 bits per heavy atom. The van der Waals surface area contributed by atoms with Gasteiger partial charge < -0.3 is 5.32 Å². The molecule has 0 radical (unpaired) electrons. The van der Waals surface area contributed by atoms with Crippen molar-refractivity contribution in [3.63, 3.8) is 0 Å². The van der Waals surface area contributed by atoms with Crippen molar-refractivity contribution in [3.05, 3.63) is 48.2 Å². The van der Waals surface area contributed by atoms with Crippen LogP contribution in [0.4, 0.5) is 11.5 Å². The fraction of sp³-hybridized carbons (Fsp3) is 0.0769. The van der Waals surface area contributed by atoms with Crippen LogP contribution in [0.1, 0.15) is 5.56 Å². The van der Waals surface area contributed by atoms with Gasteiger partial charge in [0.1, 0.15) is 11.9 Å². The third-order valence-electron chi connectivity index (χ3n) is 2.28. The lowest BCUT2D eigenvalue weighted by Crippen LogP contribution is -1.95. The van der Waals surface area contributed by atoms with E-state index in [9.17, 15) is 0 Å². The number of benzene rings is 1. The fourth-order valence-corrected chi connectivity index (χ4v) is 1.81. The van der Waals surface area contributed by atoms with E-state index in [-0.39, 0.29) is 0 Å². The van der Waals surface area contributed by atoms with Crippen molar-refractivity contribution >= 4 is 23.3 Å². The van der Waals surface area contributed by atoms with Crippen LogP contribution in [0, 0.1) is 11.3 Å². The number of nitriles is 1. The molecule has 0 aliphatic heterocycles. The predicted molar refractivity (Wildman–Crippen MR) is 70.5 cm³/mol. The molecule has 0 amide bonds. The third-order valence-corrected chi connectivity index (χ3v) is 3.02. The molecule has 3 nitrogen and oxygen atoms in total. The van der Waals surface area contributed by atoms with Crippen LogP contribution in [0.15, 0.2) is 47.5 Å². The van der Waals surface area contributed by atoms with Gasteiger partial charge in [0.15, 0.2) is 0 Å². The quantitative estimate of drug-likeness (QED) is 0.836. The minimum Gasteiger partial charge on any atom is -0.339 e. The summed E-state index contributed by atoms with van der Waals surface area (Å²) in [4.78, 5) is 5.35. The van der Waals surface area contributed by atoms with Gasteiger partial charge in [0, 0.05) is 16.8 Å². The number of pyridine rings is 1. The largest absolute Gasteiger partial charge is 0.339 e. The summed E-state index contributed by atoms with van der Waals surface area (Å²) in [5.74, 6) is 0.590. The fourth-order valence-electron chi connectivity index (χ4n) is 1.41. The average Bonchev–Trinajstić information content (AvgIpc) is 2.40. The van der Waals surface area contributed by atoms with Gasteiger partial charge in [-0.1, -0.05) is 0 Å². The molecule has 0 bridgehead atoms. The Balaban J connectivity index is 2.23.